The number of carbonyl (C=O) groups excluding carboxylic acids is 3. The summed E-state index contributed by atoms with van der Waals surface area (Å²) in [5, 5.41) is 10.1. The summed E-state index contributed by atoms with van der Waals surface area (Å²) < 4.78 is 0. The van der Waals surface area contributed by atoms with Crippen LogP contribution in [0.2, 0.25) is 0 Å². The second-order valence-corrected chi connectivity index (χ2v) is 8.92. The van der Waals surface area contributed by atoms with Crippen molar-refractivity contribution in [3.05, 3.63) is 0 Å². The molecule has 5 N–H and O–H groups in total. The molecule has 0 radical (unpaired) electrons. The van der Waals surface area contributed by atoms with Gasteiger partial charge in [-0.2, -0.15) is 11.8 Å². The summed E-state index contributed by atoms with van der Waals surface area (Å²) in [4.78, 5) is 51.6. The van der Waals surface area contributed by atoms with Crippen LogP contribution < -0.4 is 11.5 Å². The Morgan fingerprint density at radius 1 is 1.00 bits per heavy atom. The van der Waals surface area contributed by atoms with Crippen molar-refractivity contribution in [3.63, 3.8) is 0 Å². The zero-order valence-electron chi connectivity index (χ0n) is 17.7. The molecule has 0 bridgehead atoms. The number of nitrogens with zero attached hydrogens (tertiary/aromatic N) is 1. The van der Waals surface area contributed by atoms with Gasteiger partial charge in [-0.3, -0.25) is 19.3 Å². The molecule has 2 amide bonds. The third-order valence-electron chi connectivity index (χ3n) is 4.45. The van der Waals surface area contributed by atoms with Crippen LogP contribution in [0.5, 0.6) is 0 Å². The third-order valence-corrected chi connectivity index (χ3v) is 5.06. The van der Waals surface area contributed by atoms with E-state index in [1.165, 1.54) is 11.8 Å². The number of carbonyl (C=O) groups is 4. The Bertz CT molecular complexity index is 582. The Kier molecular flexibility index (Phi) is 10.9. The molecule has 9 heteroatoms. The lowest BCUT2D eigenvalue weighted by Crippen LogP contribution is -2.69. The molecule has 162 valence electrons. The van der Waals surface area contributed by atoms with Gasteiger partial charge in [-0.25, -0.2) is 4.79 Å². The molecule has 0 fully saturated rings. The van der Waals surface area contributed by atoms with Crippen molar-refractivity contribution in [2.75, 3.05) is 12.0 Å². The van der Waals surface area contributed by atoms with Crippen molar-refractivity contribution >= 4 is 35.3 Å². The Hall–Kier alpha value is -1.45. The third kappa shape index (κ3) is 6.56. The molecule has 0 aromatic carbocycles. The first-order chi connectivity index (χ1) is 12.8. The van der Waals surface area contributed by atoms with Crippen LogP contribution in [0.1, 0.15) is 53.9 Å². The zero-order chi connectivity index (χ0) is 22.2. The van der Waals surface area contributed by atoms with Crippen LogP contribution in [0.3, 0.4) is 0 Å². The quantitative estimate of drug-likeness (QED) is 0.403. The van der Waals surface area contributed by atoms with Gasteiger partial charge in [0.15, 0.2) is 5.78 Å². The fourth-order valence-electron chi connectivity index (χ4n) is 3.21. The minimum Gasteiger partial charge on any atom is -0.479 e. The molecular weight excluding hydrogens is 382 g/mol. The number of amides is 2. The van der Waals surface area contributed by atoms with Crippen LogP contribution in [0.15, 0.2) is 0 Å². The number of thioether (sulfide) groups is 1. The van der Waals surface area contributed by atoms with Crippen LogP contribution in [-0.2, 0) is 19.2 Å². The normalized spacial score (nSPS) is 15.8. The van der Waals surface area contributed by atoms with Crippen LogP contribution in [0.25, 0.3) is 0 Å². The van der Waals surface area contributed by atoms with E-state index in [9.17, 15) is 24.3 Å². The molecule has 0 heterocycles. The average Bonchev–Trinajstić information content (AvgIpc) is 2.55. The lowest BCUT2D eigenvalue weighted by molar-refractivity contribution is -0.171. The molecule has 0 aliphatic rings. The fraction of sp³-hybridized carbons (Fsp3) is 0.789. The summed E-state index contributed by atoms with van der Waals surface area (Å²) in [6.07, 6.45) is 2.02. The molecule has 28 heavy (non-hydrogen) atoms. The predicted molar refractivity (Wildman–Crippen MR) is 111 cm³/mol. The van der Waals surface area contributed by atoms with Gasteiger partial charge in [0.1, 0.15) is 0 Å². The predicted octanol–water partition coefficient (Wildman–Crippen LogP) is 1.25. The van der Waals surface area contributed by atoms with Crippen LogP contribution in [0.4, 0.5) is 0 Å². The van der Waals surface area contributed by atoms with Crippen molar-refractivity contribution in [2.45, 2.75) is 71.5 Å². The summed E-state index contributed by atoms with van der Waals surface area (Å²) in [7, 11) is 0. The lowest BCUT2D eigenvalue weighted by atomic mass is 9.81. The van der Waals surface area contributed by atoms with E-state index >= 15 is 0 Å². The Balaban J connectivity index is 6.41. The second kappa shape index (κ2) is 11.5. The molecule has 3 atom stereocenters. The van der Waals surface area contributed by atoms with Crippen LogP contribution in [0, 0.1) is 11.8 Å². The Morgan fingerprint density at radius 2 is 1.46 bits per heavy atom. The van der Waals surface area contributed by atoms with E-state index in [1.54, 1.807) is 6.26 Å². The highest BCUT2D eigenvalue weighted by atomic mass is 32.2. The van der Waals surface area contributed by atoms with E-state index in [2.05, 4.69) is 0 Å². The Morgan fingerprint density at radius 3 is 1.82 bits per heavy atom. The SMILES string of the molecule is CSCCC(C(=O)O)(C(=O)C(N)CC(C)C)N(C(C)=O)C(=O)C(N)CC(C)C. The molecule has 0 saturated heterocycles. The van der Waals surface area contributed by atoms with E-state index in [0.717, 1.165) is 6.92 Å². The van der Waals surface area contributed by atoms with Gasteiger partial charge in [0.25, 0.3) is 0 Å². The minimum absolute atomic E-state index is 0.0377. The highest BCUT2D eigenvalue weighted by molar-refractivity contribution is 7.98. The van der Waals surface area contributed by atoms with Crippen molar-refractivity contribution < 1.29 is 24.3 Å². The number of rotatable bonds is 12. The summed E-state index contributed by atoms with van der Waals surface area (Å²) >= 11 is 1.31. The van der Waals surface area contributed by atoms with E-state index in [1.807, 2.05) is 27.7 Å². The molecule has 0 aliphatic heterocycles. The van der Waals surface area contributed by atoms with E-state index in [0.29, 0.717) is 4.90 Å². The molecule has 0 aliphatic carbocycles. The minimum atomic E-state index is -2.37. The molecule has 0 aromatic heterocycles. The van der Waals surface area contributed by atoms with E-state index < -0.39 is 41.2 Å². The maximum Gasteiger partial charge on any atom is 0.338 e. The maximum atomic E-state index is 13.2. The van der Waals surface area contributed by atoms with Gasteiger partial charge in [0.05, 0.1) is 12.1 Å². The van der Waals surface area contributed by atoms with Crippen LogP contribution >= 0.6 is 11.8 Å². The van der Waals surface area contributed by atoms with Crippen molar-refractivity contribution in [1.82, 2.24) is 4.90 Å². The van der Waals surface area contributed by atoms with Gasteiger partial charge in [-0.15, -0.1) is 0 Å². The number of aliphatic carboxylic acids is 1. The molecule has 0 rings (SSSR count). The summed E-state index contributed by atoms with van der Waals surface area (Å²) in [6.45, 7) is 8.48. The van der Waals surface area contributed by atoms with Crippen molar-refractivity contribution in [3.8, 4) is 0 Å². The highest BCUT2D eigenvalue weighted by Gasteiger charge is 2.56. The van der Waals surface area contributed by atoms with Crippen molar-refractivity contribution in [2.24, 2.45) is 23.3 Å². The fourth-order valence-corrected chi connectivity index (χ4v) is 3.71. The van der Waals surface area contributed by atoms with E-state index in [-0.39, 0.29) is 36.9 Å². The summed E-state index contributed by atoms with van der Waals surface area (Å²) in [5.41, 5.74) is 9.60. The number of hydrogen-bond acceptors (Lipinski definition) is 7. The number of carboxylic acid groups (broad SMARTS) is 1. The largest absolute Gasteiger partial charge is 0.479 e. The van der Waals surface area contributed by atoms with Gasteiger partial charge in [-0.1, -0.05) is 27.7 Å². The topological polar surface area (TPSA) is 144 Å². The summed E-state index contributed by atoms with van der Waals surface area (Å²) in [6, 6.07) is -2.21. The molecule has 0 aromatic rings. The first-order valence-corrected chi connectivity index (χ1v) is 10.8. The second-order valence-electron chi connectivity index (χ2n) is 7.94. The number of imide groups is 1. The Labute approximate surface area is 171 Å². The van der Waals surface area contributed by atoms with Gasteiger partial charge in [-0.05, 0) is 43.1 Å². The van der Waals surface area contributed by atoms with Gasteiger partial charge in [0, 0.05) is 6.92 Å². The zero-order valence-corrected chi connectivity index (χ0v) is 18.5. The van der Waals surface area contributed by atoms with Gasteiger partial charge in [0.2, 0.25) is 17.4 Å². The van der Waals surface area contributed by atoms with Crippen molar-refractivity contribution in [1.29, 1.82) is 0 Å². The van der Waals surface area contributed by atoms with Crippen LogP contribution in [-0.4, -0.2) is 63.2 Å². The smallest absolute Gasteiger partial charge is 0.338 e. The lowest BCUT2D eigenvalue weighted by Gasteiger charge is -2.40. The monoisotopic (exact) mass is 417 g/mol. The number of nitrogens with two attached hydrogens (primary N) is 2. The number of ketones is 1. The van der Waals surface area contributed by atoms with Gasteiger partial charge >= 0.3 is 5.97 Å². The first-order valence-electron chi connectivity index (χ1n) is 9.45. The van der Waals surface area contributed by atoms with Gasteiger partial charge < -0.3 is 16.6 Å². The molecule has 0 spiro atoms. The highest BCUT2D eigenvalue weighted by Crippen LogP contribution is 2.28. The molecule has 8 nitrogen and oxygen atoms in total. The number of hydrogen-bond donors (Lipinski definition) is 3. The van der Waals surface area contributed by atoms with E-state index in [4.69, 9.17) is 11.5 Å². The first kappa shape index (κ1) is 26.6. The molecular formula is C19H35N3O5S. The summed E-state index contributed by atoms with van der Waals surface area (Å²) in [5.74, 6) is -3.77. The molecule has 0 saturated carbocycles. The standard InChI is InChI=1S/C19H35N3O5S/c1-11(2)9-14(20)16(24)19(18(26)27,7-8-28-6)22(13(5)23)17(25)15(21)10-12(3)4/h11-12,14-15H,7-10,20-21H2,1-6H3,(H,26,27). The maximum absolute atomic E-state index is 13.2. The number of carboxylic acids is 1. The molecule has 3 unspecified atom stereocenters. The number of Topliss-reactive ketones (excluding diaryl/α,β-unsaturated/α-hetero) is 1. The average molecular weight is 418 g/mol.